The fourth-order valence-corrected chi connectivity index (χ4v) is 5.56. The summed E-state index contributed by atoms with van der Waals surface area (Å²) >= 11 is 6.10. The van der Waals surface area contributed by atoms with Crippen LogP contribution in [0.15, 0.2) is 47.4 Å². The number of anilines is 1. The highest BCUT2D eigenvalue weighted by molar-refractivity contribution is 7.86. The number of carboxylic acids is 1. The predicted octanol–water partition coefficient (Wildman–Crippen LogP) is 6.38. The van der Waals surface area contributed by atoms with Gasteiger partial charge in [-0.3, -0.25) is 9.62 Å². The number of aromatic carboxylic acids is 1. The number of carbonyl (C=O) groups is 2. The third kappa shape index (κ3) is 5.99. The lowest BCUT2D eigenvalue weighted by Gasteiger charge is -2.24. The molecule has 206 valence electrons. The maximum Gasteiger partial charge on any atom is 0.410 e. The van der Waals surface area contributed by atoms with Crippen LogP contribution in [0.5, 0.6) is 5.75 Å². The summed E-state index contributed by atoms with van der Waals surface area (Å²) in [7, 11) is -0.981. The van der Waals surface area contributed by atoms with Gasteiger partial charge in [-0.1, -0.05) is 29.8 Å². The fourth-order valence-electron chi connectivity index (χ4n) is 4.15. The van der Waals surface area contributed by atoms with Crippen LogP contribution < -0.4 is 9.46 Å². The molecule has 0 aromatic heterocycles. The first-order chi connectivity index (χ1) is 18.3. The standard InChI is InChI=1S/C27H25ClF2N2O6S/c1-27(2,3)38-26(35)32-12-14-6-5-7-16(18(14)13-32)17-10-22(21(30)11-20(17)29)31-39(36)23-9-15(25(33)34)8-19(28)24(23)37-4/h5-11,31H,12-13H2,1-4H3,(H,33,34). The number of ether oxygens (including phenoxy) is 2. The van der Waals surface area contributed by atoms with E-state index in [0.29, 0.717) is 17.2 Å². The van der Waals surface area contributed by atoms with Crippen LogP contribution in [-0.2, 0) is 28.8 Å². The predicted molar refractivity (Wildman–Crippen MR) is 142 cm³/mol. The van der Waals surface area contributed by atoms with Crippen molar-refractivity contribution in [3.63, 3.8) is 0 Å². The lowest BCUT2D eigenvalue weighted by molar-refractivity contribution is 0.0241. The molecule has 39 heavy (non-hydrogen) atoms. The molecule has 1 amide bonds. The van der Waals surface area contributed by atoms with Crippen LogP contribution in [-0.4, -0.2) is 39.0 Å². The number of carbonyl (C=O) groups excluding carboxylic acids is 1. The summed E-state index contributed by atoms with van der Waals surface area (Å²) in [5.41, 5.74) is 0.657. The highest BCUT2D eigenvalue weighted by Crippen LogP contribution is 2.38. The molecule has 0 bridgehead atoms. The van der Waals surface area contributed by atoms with Crippen molar-refractivity contribution in [2.45, 2.75) is 44.4 Å². The van der Waals surface area contributed by atoms with E-state index in [1.165, 1.54) is 18.1 Å². The van der Waals surface area contributed by atoms with Gasteiger partial charge >= 0.3 is 12.1 Å². The van der Waals surface area contributed by atoms with E-state index in [4.69, 9.17) is 21.1 Å². The van der Waals surface area contributed by atoms with Crippen LogP contribution >= 0.6 is 11.6 Å². The molecule has 0 saturated carbocycles. The molecule has 1 unspecified atom stereocenters. The molecule has 3 aromatic rings. The largest absolute Gasteiger partial charge is 0.494 e. The van der Waals surface area contributed by atoms with Crippen LogP contribution in [0, 0.1) is 11.6 Å². The Morgan fingerprint density at radius 3 is 2.44 bits per heavy atom. The Labute approximate surface area is 231 Å². The van der Waals surface area contributed by atoms with E-state index in [1.807, 2.05) is 6.07 Å². The van der Waals surface area contributed by atoms with Gasteiger partial charge in [0.25, 0.3) is 0 Å². The molecule has 1 atom stereocenters. The number of fused-ring (bicyclic) bond motifs is 1. The molecule has 0 saturated heterocycles. The van der Waals surface area contributed by atoms with E-state index < -0.39 is 40.3 Å². The Kier molecular flexibility index (Phi) is 7.85. The smallest absolute Gasteiger partial charge is 0.410 e. The SMILES string of the molecule is COc1c(Cl)cc(C(=O)O)cc1S(=O)Nc1cc(-c2cccc3c2CN(C(=O)OC(C)(C)C)C3)c(F)cc1F. The van der Waals surface area contributed by atoms with E-state index >= 15 is 4.39 Å². The minimum Gasteiger partial charge on any atom is -0.494 e. The number of rotatable bonds is 6. The highest BCUT2D eigenvalue weighted by Gasteiger charge is 2.30. The van der Waals surface area contributed by atoms with Crippen molar-refractivity contribution in [2.24, 2.45) is 0 Å². The second-order valence-electron chi connectivity index (χ2n) is 9.76. The third-order valence-electron chi connectivity index (χ3n) is 5.84. The zero-order chi connectivity index (χ0) is 28.6. The number of amides is 1. The van der Waals surface area contributed by atoms with Crippen LogP contribution in [0.25, 0.3) is 11.1 Å². The van der Waals surface area contributed by atoms with Crippen molar-refractivity contribution in [3.8, 4) is 16.9 Å². The maximum absolute atomic E-state index is 15.1. The summed E-state index contributed by atoms with van der Waals surface area (Å²) in [5.74, 6) is -3.25. The molecule has 1 aliphatic heterocycles. The van der Waals surface area contributed by atoms with Gasteiger partial charge in [0.05, 0.1) is 29.9 Å². The fraction of sp³-hybridized carbons (Fsp3) is 0.259. The van der Waals surface area contributed by atoms with Gasteiger partial charge in [0.2, 0.25) is 0 Å². The molecule has 0 aliphatic carbocycles. The summed E-state index contributed by atoms with van der Waals surface area (Å²) in [4.78, 5) is 25.4. The Morgan fingerprint density at radius 1 is 1.08 bits per heavy atom. The van der Waals surface area contributed by atoms with E-state index in [9.17, 15) is 23.3 Å². The number of nitrogens with zero attached hydrogens (tertiary/aromatic N) is 1. The van der Waals surface area contributed by atoms with E-state index in [-0.39, 0.29) is 45.6 Å². The van der Waals surface area contributed by atoms with E-state index in [0.717, 1.165) is 17.7 Å². The molecule has 1 aliphatic rings. The quantitative estimate of drug-likeness (QED) is 0.352. The summed E-state index contributed by atoms with van der Waals surface area (Å²) < 4.78 is 56.2. The number of carboxylic acid groups (broad SMARTS) is 1. The Hall–Kier alpha value is -3.70. The van der Waals surface area contributed by atoms with Gasteiger partial charge < -0.3 is 14.6 Å². The Balaban J connectivity index is 1.69. The first-order valence-electron chi connectivity index (χ1n) is 11.7. The van der Waals surface area contributed by atoms with Crippen LogP contribution in [0.1, 0.15) is 42.3 Å². The average Bonchev–Trinajstić information content (AvgIpc) is 3.29. The summed E-state index contributed by atoms with van der Waals surface area (Å²) in [6.45, 7) is 5.69. The van der Waals surface area contributed by atoms with Crippen molar-refractivity contribution in [2.75, 3.05) is 11.8 Å². The molecule has 0 fully saturated rings. The minimum atomic E-state index is -2.24. The van der Waals surface area contributed by atoms with Crippen molar-refractivity contribution in [1.82, 2.24) is 4.90 Å². The lowest BCUT2D eigenvalue weighted by Crippen LogP contribution is -2.33. The molecular weight excluding hydrogens is 554 g/mol. The highest BCUT2D eigenvalue weighted by atomic mass is 35.5. The minimum absolute atomic E-state index is 0.0167. The number of benzene rings is 3. The van der Waals surface area contributed by atoms with Crippen molar-refractivity contribution in [3.05, 3.63) is 75.8 Å². The van der Waals surface area contributed by atoms with E-state index in [1.54, 1.807) is 32.9 Å². The first kappa shape index (κ1) is 28.3. The molecular formula is C27H25ClF2N2O6S. The van der Waals surface area contributed by atoms with Crippen LogP contribution in [0.3, 0.4) is 0 Å². The number of hydrogen-bond donors (Lipinski definition) is 2. The number of methoxy groups -OCH3 is 1. The summed E-state index contributed by atoms with van der Waals surface area (Å²) in [6, 6.07) is 9.21. The third-order valence-corrected chi connectivity index (χ3v) is 7.23. The average molecular weight is 579 g/mol. The molecule has 12 heteroatoms. The number of hydrogen-bond acceptors (Lipinski definition) is 5. The Morgan fingerprint density at radius 2 is 1.79 bits per heavy atom. The van der Waals surface area contributed by atoms with Gasteiger partial charge in [0.15, 0.2) is 16.7 Å². The van der Waals surface area contributed by atoms with Crippen LogP contribution in [0.4, 0.5) is 19.3 Å². The van der Waals surface area contributed by atoms with Crippen molar-refractivity contribution >= 4 is 40.3 Å². The molecule has 3 aromatic carbocycles. The molecule has 0 spiro atoms. The number of nitrogens with one attached hydrogen (secondary N) is 1. The Bertz CT molecular complexity index is 1510. The van der Waals surface area contributed by atoms with Gasteiger partial charge in [-0.2, -0.15) is 0 Å². The monoisotopic (exact) mass is 578 g/mol. The zero-order valence-electron chi connectivity index (χ0n) is 21.4. The second-order valence-corrected chi connectivity index (χ2v) is 11.3. The number of halogens is 3. The second kappa shape index (κ2) is 10.8. The topological polar surface area (TPSA) is 105 Å². The van der Waals surface area contributed by atoms with Crippen LogP contribution in [0.2, 0.25) is 5.02 Å². The molecule has 8 nitrogen and oxygen atoms in total. The maximum atomic E-state index is 15.1. The molecule has 0 radical (unpaired) electrons. The lowest BCUT2D eigenvalue weighted by atomic mass is 9.96. The molecule has 2 N–H and O–H groups in total. The van der Waals surface area contributed by atoms with Gasteiger partial charge in [-0.15, -0.1) is 0 Å². The van der Waals surface area contributed by atoms with Crippen molar-refractivity contribution < 1.29 is 37.2 Å². The zero-order valence-corrected chi connectivity index (χ0v) is 23.0. The van der Waals surface area contributed by atoms with Gasteiger partial charge in [-0.25, -0.2) is 22.6 Å². The first-order valence-corrected chi connectivity index (χ1v) is 13.2. The molecule has 1 heterocycles. The van der Waals surface area contributed by atoms with Gasteiger partial charge in [-0.05, 0) is 55.7 Å². The van der Waals surface area contributed by atoms with Gasteiger partial charge in [0.1, 0.15) is 22.1 Å². The summed E-state index contributed by atoms with van der Waals surface area (Å²) in [6.07, 6.45) is -0.516. The van der Waals surface area contributed by atoms with E-state index in [2.05, 4.69) is 4.72 Å². The molecule has 4 rings (SSSR count). The van der Waals surface area contributed by atoms with Crippen molar-refractivity contribution in [1.29, 1.82) is 0 Å². The van der Waals surface area contributed by atoms with Gasteiger partial charge in [0, 0.05) is 18.2 Å². The summed E-state index contributed by atoms with van der Waals surface area (Å²) in [5, 5.41) is 9.24. The normalized spacial score (nSPS) is 13.6.